The van der Waals surface area contributed by atoms with Gasteiger partial charge in [-0.1, -0.05) is 57.2 Å². The van der Waals surface area contributed by atoms with Gasteiger partial charge in [0.25, 0.3) is 5.91 Å². The van der Waals surface area contributed by atoms with Crippen molar-refractivity contribution >= 4 is 51.2 Å². The Kier molecular flexibility index (Phi) is 6.26. The molecule has 0 atom stereocenters. The maximum Gasteiger partial charge on any atom is 0.250 e. The van der Waals surface area contributed by atoms with Gasteiger partial charge in [-0.15, -0.1) is 10.2 Å². The molecule has 6 nitrogen and oxygen atoms in total. The Morgan fingerprint density at radius 2 is 2.20 bits per heavy atom. The number of carbonyl (C=O) groups excluding carboxylic acids is 1. The molecule has 0 saturated carbocycles. The molecule has 0 aliphatic carbocycles. The number of thioether (sulfide) groups is 1. The van der Waals surface area contributed by atoms with Crippen LogP contribution in [0.5, 0.6) is 0 Å². The van der Waals surface area contributed by atoms with Crippen LogP contribution < -0.4 is 5.43 Å². The number of nitrogens with one attached hydrogen (secondary N) is 1. The topological polar surface area (TPSA) is 80.1 Å². The Labute approximate surface area is 160 Å². The van der Waals surface area contributed by atoms with E-state index in [2.05, 4.69) is 41.6 Å². The largest absolute Gasteiger partial charge is 0.272 e. The molecule has 25 heavy (non-hydrogen) atoms. The van der Waals surface area contributed by atoms with Crippen LogP contribution in [0.15, 0.2) is 62.6 Å². The van der Waals surface area contributed by atoms with E-state index < -0.39 is 0 Å². The molecule has 0 aliphatic heterocycles. The first-order valence-electron chi connectivity index (χ1n) is 7.16. The Hall–Kier alpha value is -2.10. The van der Waals surface area contributed by atoms with Gasteiger partial charge in [0.15, 0.2) is 9.35 Å². The van der Waals surface area contributed by atoms with Crippen LogP contribution in [0.25, 0.3) is 10.7 Å². The predicted octanol–water partition coefficient (Wildman–Crippen LogP) is 3.61. The number of carbonyl (C=O) groups is 1. The second-order valence-corrected chi connectivity index (χ2v) is 7.84. The summed E-state index contributed by atoms with van der Waals surface area (Å²) in [5.74, 6) is 0.0120. The number of pyridine rings is 1. The van der Waals surface area contributed by atoms with Crippen LogP contribution in [0.2, 0.25) is 0 Å². The van der Waals surface area contributed by atoms with Crippen LogP contribution in [0.3, 0.4) is 0 Å². The Bertz CT molecular complexity index is 885. The molecule has 0 unspecified atom stereocenters. The number of halogens is 1. The molecule has 2 heterocycles. The highest BCUT2D eigenvalue weighted by Gasteiger charge is 2.09. The zero-order chi connectivity index (χ0) is 17.5. The zero-order valence-electron chi connectivity index (χ0n) is 12.8. The van der Waals surface area contributed by atoms with Gasteiger partial charge in [-0.2, -0.15) is 5.10 Å². The molecule has 0 bridgehead atoms. The minimum Gasteiger partial charge on any atom is -0.272 e. The van der Waals surface area contributed by atoms with Crippen molar-refractivity contribution < 1.29 is 4.79 Å². The fourth-order valence-electron chi connectivity index (χ4n) is 1.79. The van der Waals surface area contributed by atoms with Crippen molar-refractivity contribution in [2.75, 3.05) is 5.75 Å². The van der Waals surface area contributed by atoms with Crippen LogP contribution in [0.1, 0.15) is 5.56 Å². The van der Waals surface area contributed by atoms with E-state index in [1.54, 1.807) is 12.4 Å². The summed E-state index contributed by atoms with van der Waals surface area (Å²) in [5, 5.41) is 12.8. The SMILES string of the molecule is O=C(CSc1nnc(-c2ccccn2)s1)N/N=C\c1cccc(Br)c1. The molecule has 0 fully saturated rings. The molecular formula is C16H12BrN5OS2. The van der Waals surface area contributed by atoms with Gasteiger partial charge in [-0.05, 0) is 29.8 Å². The van der Waals surface area contributed by atoms with Gasteiger partial charge in [0.2, 0.25) is 0 Å². The van der Waals surface area contributed by atoms with Gasteiger partial charge in [-0.3, -0.25) is 9.78 Å². The fraction of sp³-hybridized carbons (Fsp3) is 0.0625. The molecule has 3 rings (SSSR count). The number of hydrogen-bond acceptors (Lipinski definition) is 7. The molecule has 126 valence electrons. The quantitative estimate of drug-likeness (QED) is 0.364. The molecule has 1 aromatic carbocycles. The van der Waals surface area contributed by atoms with E-state index in [-0.39, 0.29) is 11.7 Å². The van der Waals surface area contributed by atoms with Crippen molar-refractivity contribution in [3.05, 3.63) is 58.7 Å². The normalized spacial score (nSPS) is 10.9. The predicted molar refractivity (Wildman–Crippen MR) is 104 cm³/mol. The van der Waals surface area contributed by atoms with Crippen molar-refractivity contribution in [2.24, 2.45) is 5.10 Å². The standard InChI is InChI=1S/C16H12BrN5OS2/c17-12-5-3-4-11(8-12)9-19-20-14(23)10-24-16-22-21-15(25-16)13-6-1-2-7-18-13/h1-9H,10H2,(H,20,23)/b19-9-. The number of amides is 1. The summed E-state index contributed by atoms with van der Waals surface area (Å²) in [6, 6.07) is 13.2. The van der Waals surface area contributed by atoms with Gasteiger partial charge in [0, 0.05) is 10.7 Å². The van der Waals surface area contributed by atoms with Gasteiger partial charge < -0.3 is 0 Å². The molecule has 2 aromatic heterocycles. The Morgan fingerprint density at radius 1 is 1.28 bits per heavy atom. The second kappa shape index (κ2) is 8.84. The van der Waals surface area contributed by atoms with Gasteiger partial charge in [0.1, 0.15) is 5.69 Å². The number of hydrogen-bond donors (Lipinski definition) is 1. The second-order valence-electron chi connectivity index (χ2n) is 4.72. The number of aromatic nitrogens is 3. The molecule has 1 amide bonds. The highest BCUT2D eigenvalue weighted by Crippen LogP contribution is 2.27. The summed E-state index contributed by atoms with van der Waals surface area (Å²) in [4.78, 5) is 16.1. The minimum absolute atomic E-state index is 0.203. The van der Waals surface area contributed by atoms with E-state index in [9.17, 15) is 4.79 Å². The van der Waals surface area contributed by atoms with Crippen molar-refractivity contribution in [2.45, 2.75) is 4.34 Å². The van der Waals surface area contributed by atoms with Crippen molar-refractivity contribution in [1.82, 2.24) is 20.6 Å². The average Bonchev–Trinajstić information content (AvgIpc) is 3.10. The van der Waals surface area contributed by atoms with Crippen LogP contribution in [0.4, 0.5) is 0 Å². The van der Waals surface area contributed by atoms with E-state index >= 15 is 0 Å². The van der Waals surface area contributed by atoms with E-state index in [0.717, 1.165) is 20.7 Å². The maximum atomic E-state index is 11.8. The van der Waals surface area contributed by atoms with Crippen molar-refractivity contribution in [3.63, 3.8) is 0 Å². The lowest BCUT2D eigenvalue weighted by Gasteiger charge is -1.98. The lowest BCUT2D eigenvalue weighted by molar-refractivity contribution is -0.118. The number of benzene rings is 1. The third-order valence-electron chi connectivity index (χ3n) is 2.87. The number of hydrazone groups is 1. The van der Waals surface area contributed by atoms with Crippen molar-refractivity contribution in [3.8, 4) is 10.7 Å². The molecule has 3 aromatic rings. The van der Waals surface area contributed by atoms with E-state index in [1.807, 2.05) is 42.5 Å². The molecule has 1 N–H and O–H groups in total. The monoisotopic (exact) mass is 433 g/mol. The molecule has 9 heteroatoms. The highest BCUT2D eigenvalue weighted by atomic mass is 79.9. The summed E-state index contributed by atoms with van der Waals surface area (Å²) in [6.45, 7) is 0. The maximum absolute atomic E-state index is 11.8. The van der Waals surface area contributed by atoms with Gasteiger partial charge >= 0.3 is 0 Å². The molecular weight excluding hydrogens is 422 g/mol. The van der Waals surface area contributed by atoms with Crippen LogP contribution >= 0.6 is 39.0 Å². The smallest absolute Gasteiger partial charge is 0.250 e. The number of nitrogens with zero attached hydrogens (tertiary/aromatic N) is 4. The lowest BCUT2D eigenvalue weighted by Crippen LogP contribution is -2.19. The summed E-state index contributed by atoms with van der Waals surface area (Å²) >= 11 is 6.11. The van der Waals surface area contributed by atoms with Gasteiger partial charge in [-0.25, -0.2) is 5.43 Å². The third kappa shape index (κ3) is 5.45. The first-order valence-corrected chi connectivity index (χ1v) is 9.75. The molecule has 0 spiro atoms. The Morgan fingerprint density at radius 3 is 3.00 bits per heavy atom. The van der Waals surface area contributed by atoms with Gasteiger partial charge in [0.05, 0.1) is 12.0 Å². The molecule has 0 saturated heterocycles. The molecule has 0 aliphatic rings. The lowest BCUT2D eigenvalue weighted by atomic mass is 10.2. The first-order chi connectivity index (χ1) is 12.2. The highest BCUT2D eigenvalue weighted by molar-refractivity contribution is 9.10. The summed E-state index contributed by atoms with van der Waals surface area (Å²) in [5.41, 5.74) is 4.17. The third-order valence-corrected chi connectivity index (χ3v) is 5.44. The average molecular weight is 434 g/mol. The van der Waals surface area contributed by atoms with Crippen LogP contribution in [-0.4, -0.2) is 33.1 Å². The van der Waals surface area contributed by atoms with Crippen molar-refractivity contribution in [1.29, 1.82) is 0 Å². The van der Waals surface area contributed by atoms with E-state index in [4.69, 9.17) is 0 Å². The zero-order valence-corrected chi connectivity index (χ0v) is 16.0. The minimum atomic E-state index is -0.203. The summed E-state index contributed by atoms with van der Waals surface area (Å²) < 4.78 is 1.67. The summed E-state index contributed by atoms with van der Waals surface area (Å²) in [7, 11) is 0. The van der Waals surface area contributed by atoms with Crippen LogP contribution in [0, 0.1) is 0 Å². The Balaban J connectivity index is 1.49. The van der Waals surface area contributed by atoms with Crippen LogP contribution in [-0.2, 0) is 4.79 Å². The van der Waals surface area contributed by atoms with E-state index in [1.165, 1.54) is 23.1 Å². The fourth-order valence-corrected chi connectivity index (χ4v) is 3.82. The van der Waals surface area contributed by atoms with E-state index in [0.29, 0.717) is 4.34 Å². The molecule has 0 radical (unpaired) electrons. The number of rotatable bonds is 6. The first kappa shape index (κ1) is 17.7. The summed E-state index contributed by atoms with van der Waals surface area (Å²) in [6.07, 6.45) is 3.30.